The summed E-state index contributed by atoms with van der Waals surface area (Å²) in [5.74, 6) is 0.552. The van der Waals surface area contributed by atoms with Crippen LogP contribution in [0.15, 0.2) is 30.8 Å². The highest BCUT2D eigenvalue weighted by molar-refractivity contribution is 6.74. The summed E-state index contributed by atoms with van der Waals surface area (Å²) in [5.41, 5.74) is 2.47. The summed E-state index contributed by atoms with van der Waals surface area (Å²) in [6.45, 7) is 27.1. The highest BCUT2D eigenvalue weighted by Crippen LogP contribution is 2.15. The monoisotopic (exact) mass is 417 g/mol. The van der Waals surface area contributed by atoms with Crippen LogP contribution in [0.3, 0.4) is 0 Å². The number of allylic oxidation sites excluding steroid dienone is 1. The highest BCUT2D eigenvalue weighted by atomic mass is 28.3. The maximum Gasteiger partial charge on any atom is 0.122 e. The van der Waals surface area contributed by atoms with Crippen molar-refractivity contribution < 1.29 is 0 Å². The van der Waals surface area contributed by atoms with E-state index in [4.69, 9.17) is 0 Å². The van der Waals surface area contributed by atoms with E-state index in [-0.39, 0.29) is 0 Å². The lowest BCUT2D eigenvalue weighted by Crippen LogP contribution is -2.64. The fraction of sp³-hybridized carbons (Fsp3) is 0.680. The van der Waals surface area contributed by atoms with E-state index in [1.807, 2.05) is 0 Å². The van der Waals surface area contributed by atoms with Crippen LogP contribution in [0.2, 0.25) is 0 Å². The molecule has 0 aromatic heterocycles. The molecule has 166 valence electrons. The zero-order valence-electron chi connectivity index (χ0n) is 20.4. The third-order valence-electron chi connectivity index (χ3n) is 6.07. The third-order valence-corrected chi connectivity index (χ3v) is 9.76. The molecule has 0 bridgehead atoms. The van der Waals surface area contributed by atoms with E-state index in [1.54, 1.807) is 5.19 Å². The first-order valence-electron chi connectivity index (χ1n) is 11.9. The van der Waals surface area contributed by atoms with Gasteiger partial charge in [0.05, 0.1) is 5.79 Å². The van der Waals surface area contributed by atoms with Crippen LogP contribution < -0.4 is 5.19 Å². The van der Waals surface area contributed by atoms with Crippen LogP contribution >= 0.6 is 0 Å². The largest absolute Gasteiger partial charge is 0.306 e. The Morgan fingerprint density at radius 1 is 0.897 bits per heavy atom. The van der Waals surface area contributed by atoms with Crippen molar-refractivity contribution in [3.8, 4) is 0 Å². The van der Waals surface area contributed by atoms with Gasteiger partial charge in [-0.2, -0.15) is 0 Å². The predicted octanol–water partition coefficient (Wildman–Crippen LogP) is 4.36. The van der Waals surface area contributed by atoms with Gasteiger partial charge >= 0.3 is 0 Å². The molecule has 29 heavy (non-hydrogen) atoms. The molecule has 1 atom stereocenters. The molecule has 0 radical (unpaired) electrons. The Kier molecular flexibility index (Phi) is 12.7. The van der Waals surface area contributed by atoms with Crippen molar-refractivity contribution >= 4 is 19.6 Å². The van der Waals surface area contributed by atoms with Crippen molar-refractivity contribution in [3.05, 3.63) is 36.4 Å². The molecule has 3 nitrogen and oxygen atoms in total. The SMILES string of the molecule is C=C(C)c1cccc([SiH](CN(CCC)CCC)C(N(CC)CC)N(CC)CC)c1. The van der Waals surface area contributed by atoms with Crippen molar-refractivity contribution in [1.82, 2.24) is 14.7 Å². The van der Waals surface area contributed by atoms with E-state index in [9.17, 15) is 0 Å². The number of hydrogen-bond acceptors (Lipinski definition) is 3. The smallest absolute Gasteiger partial charge is 0.122 e. The molecule has 0 aliphatic rings. The van der Waals surface area contributed by atoms with E-state index >= 15 is 0 Å². The van der Waals surface area contributed by atoms with Crippen LogP contribution in [0, 0.1) is 0 Å². The molecule has 0 saturated carbocycles. The molecule has 0 saturated heterocycles. The summed E-state index contributed by atoms with van der Waals surface area (Å²) in [7, 11) is -1.35. The Hall–Kier alpha value is -0.943. The molecule has 0 aliphatic carbocycles. The zero-order valence-corrected chi connectivity index (χ0v) is 21.5. The predicted molar refractivity (Wildman–Crippen MR) is 135 cm³/mol. The Bertz CT molecular complexity index is 563. The lowest BCUT2D eigenvalue weighted by Gasteiger charge is -2.44. The van der Waals surface area contributed by atoms with Gasteiger partial charge in [-0.1, -0.05) is 83.1 Å². The molecule has 1 aromatic carbocycles. The second-order valence-corrected chi connectivity index (χ2v) is 11.0. The van der Waals surface area contributed by atoms with E-state index in [2.05, 4.69) is 94.0 Å². The van der Waals surface area contributed by atoms with Crippen molar-refractivity contribution in [2.45, 2.75) is 67.1 Å². The van der Waals surface area contributed by atoms with Gasteiger partial charge in [0.2, 0.25) is 0 Å². The fourth-order valence-corrected chi connectivity index (χ4v) is 8.83. The maximum absolute atomic E-state index is 4.21. The summed E-state index contributed by atoms with van der Waals surface area (Å²) < 4.78 is 0. The average Bonchev–Trinajstić information content (AvgIpc) is 2.73. The standard InChI is InChI=1S/C25H47N3Si/c1-9-18-26(19-10-2)21-29(24-17-15-16-23(20-24)22(7)8)25(27(11-3)12-4)28(13-5)14-6/h15-17,20,25,29H,7,9-14,18-19,21H2,1-6,8H3. The molecular weight excluding hydrogens is 370 g/mol. The molecule has 0 aliphatic heterocycles. The van der Waals surface area contributed by atoms with Gasteiger partial charge in [-0.05, 0) is 70.8 Å². The van der Waals surface area contributed by atoms with E-state index in [1.165, 1.54) is 43.2 Å². The normalized spacial score (nSPS) is 13.1. The molecule has 1 aromatic rings. The quantitative estimate of drug-likeness (QED) is 0.310. The minimum Gasteiger partial charge on any atom is -0.306 e. The first-order chi connectivity index (χ1) is 14.0. The minimum absolute atomic E-state index is 0.552. The van der Waals surface area contributed by atoms with Gasteiger partial charge < -0.3 is 4.90 Å². The summed E-state index contributed by atoms with van der Waals surface area (Å²) >= 11 is 0. The van der Waals surface area contributed by atoms with E-state index in [0.29, 0.717) is 5.79 Å². The average molecular weight is 418 g/mol. The number of benzene rings is 1. The van der Waals surface area contributed by atoms with Crippen LogP contribution in [0.5, 0.6) is 0 Å². The van der Waals surface area contributed by atoms with Gasteiger partial charge in [-0.25, -0.2) is 0 Å². The first-order valence-corrected chi connectivity index (χ1v) is 14.0. The molecule has 0 heterocycles. The van der Waals surface area contributed by atoms with Crippen molar-refractivity contribution in [2.24, 2.45) is 0 Å². The van der Waals surface area contributed by atoms with Crippen molar-refractivity contribution in [1.29, 1.82) is 0 Å². The minimum atomic E-state index is -1.35. The molecule has 0 amide bonds. The van der Waals surface area contributed by atoms with Gasteiger partial charge in [0.1, 0.15) is 8.80 Å². The highest BCUT2D eigenvalue weighted by Gasteiger charge is 2.34. The third kappa shape index (κ3) is 7.67. The topological polar surface area (TPSA) is 9.72 Å². The summed E-state index contributed by atoms with van der Waals surface area (Å²) in [6.07, 6.45) is 3.71. The second-order valence-electron chi connectivity index (χ2n) is 8.17. The Morgan fingerprint density at radius 2 is 1.41 bits per heavy atom. The van der Waals surface area contributed by atoms with Crippen molar-refractivity contribution in [2.75, 3.05) is 45.4 Å². The van der Waals surface area contributed by atoms with Crippen LogP contribution in [-0.4, -0.2) is 74.7 Å². The van der Waals surface area contributed by atoms with Gasteiger partial charge in [-0.3, -0.25) is 9.80 Å². The van der Waals surface area contributed by atoms with Crippen LogP contribution in [0.1, 0.15) is 66.9 Å². The van der Waals surface area contributed by atoms with Crippen LogP contribution in [0.25, 0.3) is 5.57 Å². The Labute approximate surface area is 183 Å². The van der Waals surface area contributed by atoms with Gasteiger partial charge in [0, 0.05) is 0 Å². The maximum atomic E-state index is 4.21. The fourth-order valence-electron chi connectivity index (χ4n) is 4.55. The summed E-state index contributed by atoms with van der Waals surface area (Å²) in [4.78, 5) is 8.17. The van der Waals surface area contributed by atoms with Gasteiger partial charge in [-0.15, -0.1) is 0 Å². The van der Waals surface area contributed by atoms with E-state index in [0.717, 1.165) is 26.2 Å². The molecule has 1 rings (SSSR count). The van der Waals surface area contributed by atoms with E-state index < -0.39 is 8.80 Å². The number of rotatable bonds is 15. The number of nitrogens with zero attached hydrogens (tertiary/aromatic N) is 3. The molecular formula is C25H47N3Si. The Morgan fingerprint density at radius 3 is 1.83 bits per heavy atom. The molecule has 1 unspecified atom stereocenters. The molecule has 4 heteroatoms. The molecule has 0 fully saturated rings. The van der Waals surface area contributed by atoms with Gasteiger partial charge in [0.25, 0.3) is 0 Å². The Balaban J connectivity index is 3.48. The molecule has 0 spiro atoms. The summed E-state index contributed by atoms with van der Waals surface area (Å²) in [5, 5.41) is 1.59. The molecule has 0 N–H and O–H groups in total. The summed E-state index contributed by atoms with van der Waals surface area (Å²) in [6, 6.07) is 9.33. The van der Waals surface area contributed by atoms with Gasteiger partial charge in [0.15, 0.2) is 0 Å². The zero-order chi connectivity index (χ0) is 21.8. The van der Waals surface area contributed by atoms with Crippen molar-refractivity contribution in [3.63, 3.8) is 0 Å². The number of hydrogen-bond donors (Lipinski definition) is 0. The first kappa shape index (κ1) is 26.1. The second kappa shape index (κ2) is 14.1. The lowest BCUT2D eigenvalue weighted by molar-refractivity contribution is 0.110. The lowest BCUT2D eigenvalue weighted by atomic mass is 10.1. The van der Waals surface area contributed by atoms with Crippen LogP contribution in [0.4, 0.5) is 0 Å². The van der Waals surface area contributed by atoms with Crippen LogP contribution in [-0.2, 0) is 0 Å².